The molecule has 27 heavy (non-hydrogen) atoms. The highest BCUT2D eigenvalue weighted by molar-refractivity contribution is 7.10. The molecule has 0 spiro atoms. The minimum absolute atomic E-state index is 0.0577. The van der Waals surface area contributed by atoms with Crippen LogP contribution in [0.3, 0.4) is 0 Å². The van der Waals surface area contributed by atoms with Crippen LogP contribution in [0.2, 0.25) is 0 Å². The van der Waals surface area contributed by atoms with Crippen molar-refractivity contribution < 1.29 is 14.4 Å². The molecule has 0 radical (unpaired) electrons. The third-order valence-corrected chi connectivity index (χ3v) is 6.57. The zero-order chi connectivity index (χ0) is 19.0. The van der Waals surface area contributed by atoms with Crippen LogP contribution >= 0.6 is 11.3 Å². The van der Waals surface area contributed by atoms with Crippen molar-refractivity contribution in [2.45, 2.75) is 44.7 Å². The summed E-state index contributed by atoms with van der Waals surface area (Å²) in [5, 5.41) is 5.14. The zero-order valence-corrected chi connectivity index (χ0v) is 16.0. The summed E-state index contributed by atoms with van der Waals surface area (Å²) in [6, 6.07) is 9.85. The second-order valence-electron chi connectivity index (χ2n) is 7.25. The van der Waals surface area contributed by atoms with Gasteiger partial charge in [-0.15, -0.1) is 11.3 Å². The Morgan fingerprint density at radius 1 is 1.07 bits per heavy atom. The van der Waals surface area contributed by atoms with Gasteiger partial charge in [-0.05, 0) is 49.3 Å². The average molecular weight is 382 g/mol. The van der Waals surface area contributed by atoms with Crippen LogP contribution in [-0.4, -0.2) is 28.7 Å². The fourth-order valence-electron chi connectivity index (χ4n) is 4.13. The van der Waals surface area contributed by atoms with Gasteiger partial charge >= 0.3 is 0 Å². The van der Waals surface area contributed by atoms with Gasteiger partial charge in [0.25, 0.3) is 11.8 Å². The highest BCUT2D eigenvalue weighted by atomic mass is 32.1. The number of imide groups is 1. The first-order valence-corrected chi connectivity index (χ1v) is 10.3. The molecule has 1 N–H and O–H groups in total. The summed E-state index contributed by atoms with van der Waals surface area (Å²) in [6.45, 7) is 1.62. The van der Waals surface area contributed by atoms with E-state index in [4.69, 9.17) is 0 Å². The molecule has 1 fully saturated rings. The zero-order valence-electron chi connectivity index (χ0n) is 15.2. The number of amides is 3. The summed E-state index contributed by atoms with van der Waals surface area (Å²) in [5.74, 6) is -0.671. The lowest BCUT2D eigenvalue weighted by Crippen LogP contribution is -2.49. The lowest BCUT2D eigenvalue weighted by Gasteiger charge is -2.28. The number of nitrogens with zero attached hydrogens (tertiary/aromatic N) is 1. The molecule has 5 nitrogen and oxygen atoms in total. The molecule has 4 rings (SSSR count). The lowest BCUT2D eigenvalue weighted by molar-refractivity contribution is -0.125. The highest BCUT2D eigenvalue weighted by Gasteiger charge is 2.41. The molecule has 1 saturated carbocycles. The van der Waals surface area contributed by atoms with E-state index >= 15 is 0 Å². The molecule has 1 aliphatic heterocycles. The largest absolute Gasteiger partial charge is 0.346 e. The van der Waals surface area contributed by atoms with Crippen molar-refractivity contribution in [2.24, 2.45) is 5.92 Å². The van der Waals surface area contributed by atoms with E-state index in [-0.39, 0.29) is 11.9 Å². The van der Waals surface area contributed by atoms with Crippen LogP contribution in [0.5, 0.6) is 0 Å². The molecule has 0 bridgehead atoms. The molecule has 1 aromatic heterocycles. The summed E-state index contributed by atoms with van der Waals surface area (Å²) in [5.41, 5.74) is 0.737. The second kappa shape index (κ2) is 7.27. The van der Waals surface area contributed by atoms with Crippen molar-refractivity contribution >= 4 is 29.1 Å². The van der Waals surface area contributed by atoms with E-state index in [1.165, 1.54) is 12.8 Å². The molecule has 140 valence electrons. The summed E-state index contributed by atoms with van der Waals surface area (Å²) in [6.07, 6.45) is 4.53. The van der Waals surface area contributed by atoms with Crippen LogP contribution in [0.25, 0.3) is 0 Å². The van der Waals surface area contributed by atoms with Crippen LogP contribution in [-0.2, 0) is 4.79 Å². The molecule has 0 saturated heterocycles. The van der Waals surface area contributed by atoms with Crippen LogP contribution in [0.1, 0.15) is 64.2 Å². The summed E-state index contributed by atoms with van der Waals surface area (Å²) in [4.78, 5) is 40.5. The number of rotatable bonds is 5. The Kier molecular flexibility index (Phi) is 4.83. The van der Waals surface area contributed by atoms with E-state index in [0.717, 1.165) is 22.6 Å². The van der Waals surface area contributed by atoms with E-state index in [9.17, 15) is 14.4 Å². The fraction of sp³-hybridized carbons (Fsp3) is 0.381. The van der Waals surface area contributed by atoms with E-state index in [0.29, 0.717) is 17.0 Å². The molecule has 0 unspecified atom stereocenters. The van der Waals surface area contributed by atoms with Gasteiger partial charge in [0.1, 0.15) is 6.04 Å². The van der Waals surface area contributed by atoms with Crippen molar-refractivity contribution in [1.29, 1.82) is 0 Å². The Bertz CT molecular complexity index is 836. The molecule has 2 atom stereocenters. The number of carbonyl (C=O) groups excluding carboxylic acids is 3. The number of hydrogen-bond donors (Lipinski definition) is 1. The van der Waals surface area contributed by atoms with Gasteiger partial charge in [-0.25, -0.2) is 0 Å². The first-order valence-electron chi connectivity index (χ1n) is 9.38. The monoisotopic (exact) mass is 382 g/mol. The topological polar surface area (TPSA) is 66.5 Å². The van der Waals surface area contributed by atoms with Crippen molar-refractivity contribution in [3.63, 3.8) is 0 Å². The Hall–Kier alpha value is -2.47. The number of nitrogens with one attached hydrogen (secondary N) is 1. The lowest BCUT2D eigenvalue weighted by atomic mass is 9.96. The van der Waals surface area contributed by atoms with Crippen LogP contribution in [0.15, 0.2) is 41.8 Å². The Morgan fingerprint density at radius 3 is 2.26 bits per heavy atom. The van der Waals surface area contributed by atoms with Gasteiger partial charge in [0.05, 0.1) is 17.2 Å². The van der Waals surface area contributed by atoms with Crippen molar-refractivity contribution in [1.82, 2.24) is 10.2 Å². The molecule has 6 heteroatoms. The summed E-state index contributed by atoms with van der Waals surface area (Å²) >= 11 is 1.63. The van der Waals surface area contributed by atoms with Gasteiger partial charge in [-0.1, -0.05) is 31.0 Å². The maximum absolute atomic E-state index is 13.0. The maximum atomic E-state index is 13.0. The van der Waals surface area contributed by atoms with Gasteiger partial charge < -0.3 is 5.32 Å². The van der Waals surface area contributed by atoms with Gasteiger partial charge in [0.2, 0.25) is 5.91 Å². The Morgan fingerprint density at radius 2 is 1.70 bits per heavy atom. The normalized spacial score (nSPS) is 19.2. The first kappa shape index (κ1) is 17.9. The highest BCUT2D eigenvalue weighted by Crippen LogP contribution is 2.37. The smallest absolute Gasteiger partial charge is 0.262 e. The maximum Gasteiger partial charge on any atom is 0.262 e. The number of carbonyl (C=O) groups is 3. The average Bonchev–Trinajstić information content (AvgIpc) is 3.42. The Labute approximate surface area is 162 Å². The van der Waals surface area contributed by atoms with E-state index in [1.54, 1.807) is 42.5 Å². The molecular weight excluding hydrogens is 360 g/mol. The predicted molar refractivity (Wildman–Crippen MR) is 104 cm³/mol. The van der Waals surface area contributed by atoms with Gasteiger partial charge in [0, 0.05) is 4.88 Å². The van der Waals surface area contributed by atoms with Crippen LogP contribution in [0.4, 0.5) is 0 Å². The minimum atomic E-state index is -0.846. The van der Waals surface area contributed by atoms with Gasteiger partial charge in [-0.2, -0.15) is 0 Å². The van der Waals surface area contributed by atoms with Crippen LogP contribution < -0.4 is 5.32 Å². The third-order valence-electron chi connectivity index (χ3n) is 5.61. The number of hydrogen-bond acceptors (Lipinski definition) is 4. The van der Waals surface area contributed by atoms with Gasteiger partial charge in [-0.3, -0.25) is 19.3 Å². The minimum Gasteiger partial charge on any atom is -0.346 e. The summed E-state index contributed by atoms with van der Waals surface area (Å²) in [7, 11) is 0. The third kappa shape index (κ3) is 3.18. The standard InChI is InChI=1S/C21H22N2O3S/c1-13(23-20(25)15-9-4-5-10-16(15)21(23)26)19(24)22-18(14-7-2-3-8-14)17-11-6-12-27-17/h4-6,9-14,18H,2-3,7-8H2,1H3,(H,22,24)/t13-,18-/m1/s1. The van der Waals surface area contributed by atoms with E-state index in [2.05, 4.69) is 5.32 Å². The molecule has 3 amide bonds. The van der Waals surface area contributed by atoms with E-state index < -0.39 is 17.9 Å². The van der Waals surface area contributed by atoms with Gasteiger partial charge in [0.15, 0.2) is 0 Å². The summed E-state index contributed by atoms with van der Waals surface area (Å²) < 4.78 is 0. The van der Waals surface area contributed by atoms with Crippen LogP contribution in [0, 0.1) is 5.92 Å². The number of benzene rings is 1. The number of fused-ring (bicyclic) bond motifs is 1. The van der Waals surface area contributed by atoms with Crippen molar-refractivity contribution in [3.8, 4) is 0 Å². The Balaban J connectivity index is 1.54. The molecular formula is C21H22N2O3S. The quantitative estimate of drug-likeness (QED) is 0.801. The first-order chi connectivity index (χ1) is 13.1. The fourth-order valence-corrected chi connectivity index (χ4v) is 5.00. The second-order valence-corrected chi connectivity index (χ2v) is 8.23. The molecule has 1 aliphatic carbocycles. The predicted octanol–water partition coefficient (Wildman–Crippen LogP) is 3.78. The molecule has 2 aromatic rings. The van der Waals surface area contributed by atoms with Crippen molar-refractivity contribution in [2.75, 3.05) is 0 Å². The van der Waals surface area contributed by atoms with Crippen molar-refractivity contribution in [3.05, 3.63) is 57.8 Å². The molecule has 2 aliphatic rings. The SMILES string of the molecule is C[C@H](C(=O)N[C@@H](c1cccs1)C1CCCC1)N1C(=O)c2ccccc2C1=O. The number of thiophene rings is 1. The van der Waals surface area contributed by atoms with E-state index in [1.807, 2.05) is 17.5 Å². The molecule has 1 aromatic carbocycles. The molecule has 2 heterocycles.